The number of aliphatic hydroxyl groups is 1. The molecular formula is C14H13NO. The predicted octanol–water partition coefficient (Wildman–Crippen LogP) is 2.20. The highest BCUT2D eigenvalue weighted by atomic mass is 16.3. The van der Waals surface area contributed by atoms with Gasteiger partial charge in [0.05, 0.1) is 6.07 Å². The molecule has 1 aromatic carbocycles. The van der Waals surface area contributed by atoms with Crippen molar-refractivity contribution in [1.82, 2.24) is 0 Å². The molecule has 1 atom stereocenters. The maximum absolute atomic E-state index is 10.6. The van der Waals surface area contributed by atoms with Crippen molar-refractivity contribution in [3.8, 4) is 18.4 Å². The van der Waals surface area contributed by atoms with Gasteiger partial charge in [0.15, 0.2) is 5.60 Å². The predicted molar refractivity (Wildman–Crippen MR) is 61.1 cm³/mol. The summed E-state index contributed by atoms with van der Waals surface area (Å²) in [6.45, 7) is 0. The summed E-state index contributed by atoms with van der Waals surface area (Å²) in [5.41, 5.74) is -1.62. The Labute approximate surface area is 95.5 Å². The average Bonchev–Trinajstić information content (AvgIpc) is 2.29. The number of terminal acetylenes is 1. The van der Waals surface area contributed by atoms with E-state index in [1.807, 2.05) is 18.2 Å². The summed E-state index contributed by atoms with van der Waals surface area (Å²) in [7, 11) is 0. The molecule has 0 aliphatic heterocycles. The minimum Gasteiger partial charge on any atom is -0.372 e. The molecule has 16 heavy (non-hydrogen) atoms. The molecule has 1 saturated carbocycles. The van der Waals surface area contributed by atoms with E-state index >= 15 is 0 Å². The topological polar surface area (TPSA) is 44.0 Å². The third-order valence-corrected chi connectivity index (χ3v) is 3.51. The lowest BCUT2D eigenvalue weighted by Crippen LogP contribution is -2.48. The highest BCUT2D eigenvalue weighted by Crippen LogP contribution is 2.53. The van der Waals surface area contributed by atoms with Gasteiger partial charge in [-0.15, -0.1) is 6.42 Å². The highest BCUT2D eigenvalue weighted by molar-refractivity contribution is 5.38. The zero-order chi connectivity index (χ0) is 11.6. The molecule has 1 fully saturated rings. The molecule has 0 spiro atoms. The fourth-order valence-corrected chi connectivity index (χ4v) is 2.26. The molecule has 2 nitrogen and oxygen atoms in total. The van der Waals surface area contributed by atoms with E-state index in [4.69, 9.17) is 6.42 Å². The summed E-state index contributed by atoms with van der Waals surface area (Å²) < 4.78 is 0. The van der Waals surface area contributed by atoms with Gasteiger partial charge in [-0.25, -0.2) is 0 Å². The summed E-state index contributed by atoms with van der Waals surface area (Å²) in [6, 6.07) is 11.3. The van der Waals surface area contributed by atoms with Crippen LogP contribution in [0.25, 0.3) is 0 Å². The molecule has 2 rings (SSSR count). The van der Waals surface area contributed by atoms with Crippen molar-refractivity contribution >= 4 is 0 Å². The van der Waals surface area contributed by atoms with E-state index in [1.54, 1.807) is 12.1 Å². The number of benzene rings is 1. The van der Waals surface area contributed by atoms with Crippen molar-refractivity contribution in [2.45, 2.75) is 24.9 Å². The first-order chi connectivity index (χ1) is 7.68. The van der Waals surface area contributed by atoms with Crippen molar-refractivity contribution in [2.75, 3.05) is 0 Å². The minimum absolute atomic E-state index is 0.638. The molecule has 1 N–H and O–H groups in total. The molecule has 0 bridgehead atoms. The van der Waals surface area contributed by atoms with Gasteiger partial charge in [-0.1, -0.05) is 36.3 Å². The van der Waals surface area contributed by atoms with Gasteiger partial charge in [-0.3, -0.25) is 0 Å². The standard InChI is InChI=1S/C14H13NO/c1-2-14(16,12-7-4-3-5-8-12)13(11-15)9-6-10-13/h1,3-5,7-8,16H,6,9-10H2/t14-/m1/s1. The molecule has 0 amide bonds. The van der Waals surface area contributed by atoms with Crippen LogP contribution in [-0.4, -0.2) is 5.11 Å². The van der Waals surface area contributed by atoms with E-state index in [1.165, 1.54) is 0 Å². The Hall–Kier alpha value is -1.77. The minimum atomic E-state index is -1.46. The lowest BCUT2D eigenvalue weighted by Gasteiger charge is -2.45. The molecule has 0 saturated heterocycles. The summed E-state index contributed by atoms with van der Waals surface area (Å²) in [5.74, 6) is 2.42. The van der Waals surface area contributed by atoms with Crippen LogP contribution in [0.2, 0.25) is 0 Å². The second kappa shape index (κ2) is 3.67. The van der Waals surface area contributed by atoms with Gasteiger partial charge in [0.1, 0.15) is 5.41 Å². The first-order valence-corrected chi connectivity index (χ1v) is 5.35. The fourth-order valence-electron chi connectivity index (χ4n) is 2.26. The number of hydrogen-bond donors (Lipinski definition) is 1. The number of hydrogen-bond acceptors (Lipinski definition) is 2. The van der Waals surface area contributed by atoms with Gasteiger partial charge in [0.25, 0.3) is 0 Å². The van der Waals surface area contributed by atoms with E-state index in [-0.39, 0.29) is 0 Å². The van der Waals surface area contributed by atoms with Crippen LogP contribution in [-0.2, 0) is 5.60 Å². The molecule has 0 radical (unpaired) electrons. The van der Waals surface area contributed by atoms with Crippen molar-refractivity contribution < 1.29 is 5.11 Å². The Bertz CT molecular complexity index is 462. The van der Waals surface area contributed by atoms with Crippen LogP contribution in [0.15, 0.2) is 30.3 Å². The van der Waals surface area contributed by atoms with Crippen LogP contribution < -0.4 is 0 Å². The third kappa shape index (κ3) is 1.24. The molecule has 1 aromatic rings. The number of nitrogens with zero attached hydrogens (tertiary/aromatic N) is 1. The van der Waals surface area contributed by atoms with E-state index in [9.17, 15) is 10.4 Å². The first kappa shape index (κ1) is 10.7. The van der Waals surface area contributed by atoms with E-state index < -0.39 is 11.0 Å². The normalized spacial score (nSPS) is 20.9. The van der Waals surface area contributed by atoms with Gasteiger partial charge in [-0.2, -0.15) is 5.26 Å². The van der Waals surface area contributed by atoms with E-state index in [2.05, 4.69) is 12.0 Å². The zero-order valence-electron chi connectivity index (χ0n) is 8.98. The van der Waals surface area contributed by atoms with Gasteiger partial charge in [0, 0.05) is 0 Å². The molecule has 0 aromatic heterocycles. The summed E-state index contributed by atoms with van der Waals surface area (Å²) in [5, 5.41) is 19.9. The summed E-state index contributed by atoms with van der Waals surface area (Å²) in [4.78, 5) is 0. The molecule has 1 aliphatic rings. The second-order valence-corrected chi connectivity index (χ2v) is 4.27. The smallest absolute Gasteiger partial charge is 0.169 e. The molecule has 80 valence electrons. The number of rotatable bonds is 2. The Morgan fingerprint density at radius 3 is 2.31 bits per heavy atom. The van der Waals surface area contributed by atoms with Crippen LogP contribution >= 0.6 is 0 Å². The van der Waals surface area contributed by atoms with Crippen molar-refractivity contribution in [2.24, 2.45) is 5.41 Å². The SMILES string of the molecule is C#C[C@@](O)(c1ccccc1)C1(C#N)CCC1. The monoisotopic (exact) mass is 211 g/mol. The lowest BCUT2D eigenvalue weighted by molar-refractivity contribution is -0.0530. The van der Waals surface area contributed by atoms with E-state index in [0.29, 0.717) is 18.4 Å². The van der Waals surface area contributed by atoms with Crippen molar-refractivity contribution in [3.63, 3.8) is 0 Å². The second-order valence-electron chi connectivity index (χ2n) is 4.27. The van der Waals surface area contributed by atoms with Crippen molar-refractivity contribution in [3.05, 3.63) is 35.9 Å². The quantitative estimate of drug-likeness (QED) is 0.762. The van der Waals surface area contributed by atoms with Crippen LogP contribution in [0, 0.1) is 29.1 Å². The Morgan fingerprint density at radius 2 is 1.94 bits per heavy atom. The lowest BCUT2D eigenvalue weighted by atomic mass is 9.58. The van der Waals surface area contributed by atoms with Crippen LogP contribution in [0.5, 0.6) is 0 Å². The van der Waals surface area contributed by atoms with Crippen LogP contribution in [0.1, 0.15) is 24.8 Å². The van der Waals surface area contributed by atoms with Crippen LogP contribution in [0.4, 0.5) is 0 Å². The third-order valence-electron chi connectivity index (χ3n) is 3.51. The van der Waals surface area contributed by atoms with Gasteiger partial charge < -0.3 is 5.11 Å². The van der Waals surface area contributed by atoms with Crippen LogP contribution in [0.3, 0.4) is 0 Å². The molecule has 2 heteroatoms. The van der Waals surface area contributed by atoms with Gasteiger partial charge >= 0.3 is 0 Å². The summed E-state index contributed by atoms with van der Waals surface area (Å²) in [6.07, 6.45) is 7.74. The average molecular weight is 211 g/mol. The largest absolute Gasteiger partial charge is 0.372 e. The molecule has 1 aliphatic carbocycles. The van der Waals surface area contributed by atoms with E-state index in [0.717, 1.165) is 6.42 Å². The number of nitriles is 1. The first-order valence-electron chi connectivity index (χ1n) is 5.35. The summed E-state index contributed by atoms with van der Waals surface area (Å²) >= 11 is 0. The molecular weight excluding hydrogens is 198 g/mol. The van der Waals surface area contributed by atoms with Crippen molar-refractivity contribution in [1.29, 1.82) is 5.26 Å². The molecule has 0 unspecified atom stereocenters. The molecule has 0 heterocycles. The Balaban J connectivity index is 2.50. The van der Waals surface area contributed by atoms with Gasteiger partial charge in [-0.05, 0) is 24.8 Å². The Morgan fingerprint density at radius 1 is 1.31 bits per heavy atom. The maximum atomic E-state index is 10.6. The maximum Gasteiger partial charge on any atom is 0.169 e. The van der Waals surface area contributed by atoms with Gasteiger partial charge in [0.2, 0.25) is 0 Å². The zero-order valence-corrected chi connectivity index (χ0v) is 8.98. The highest BCUT2D eigenvalue weighted by Gasteiger charge is 2.55. The Kier molecular flexibility index (Phi) is 2.46. The fraction of sp³-hybridized carbons (Fsp3) is 0.357.